The molecule has 2 aromatic heterocycles. The number of nitrogens with one attached hydrogen (secondary N) is 1. The number of rotatable bonds is 2. The summed E-state index contributed by atoms with van der Waals surface area (Å²) in [5.74, 6) is 0. The Labute approximate surface area is 101 Å². The van der Waals surface area contributed by atoms with Gasteiger partial charge in [0.2, 0.25) is 0 Å². The van der Waals surface area contributed by atoms with Gasteiger partial charge in [0.1, 0.15) is 0 Å². The molecule has 1 atom stereocenters. The summed E-state index contributed by atoms with van der Waals surface area (Å²) in [4.78, 5) is 8.55. The molecule has 3 rings (SSSR count). The highest BCUT2D eigenvalue weighted by Gasteiger charge is 2.16. The summed E-state index contributed by atoms with van der Waals surface area (Å²) in [6, 6.07) is 8.75. The third kappa shape index (κ3) is 2.19. The van der Waals surface area contributed by atoms with Crippen molar-refractivity contribution in [2.45, 2.75) is 18.9 Å². The van der Waals surface area contributed by atoms with Crippen molar-refractivity contribution >= 4 is 0 Å². The van der Waals surface area contributed by atoms with Crippen LogP contribution < -0.4 is 5.32 Å². The molecule has 1 N–H and O–H groups in total. The molecule has 2 aromatic rings. The molecule has 0 aromatic carbocycles. The molecule has 1 aliphatic heterocycles. The molecule has 0 spiro atoms. The predicted molar refractivity (Wildman–Crippen MR) is 67.4 cm³/mol. The summed E-state index contributed by atoms with van der Waals surface area (Å²) in [6.45, 7) is 1.12. The van der Waals surface area contributed by atoms with Crippen molar-refractivity contribution in [1.82, 2.24) is 15.3 Å². The minimum Gasteiger partial charge on any atom is -0.310 e. The van der Waals surface area contributed by atoms with E-state index in [1.165, 1.54) is 18.4 Å². The van der Waals surface area contributed by atoms with Gasteiger partial charge in [-0.05, 0) is 49.2 Å². The zero-order valence-corrected chi connectivity index (χ0v) is 9.63. The lowest BCUT2D eigenvalue weighted by Crippen LogP contribution is -2.12. The zero-order valence-electron chi connectivity index (χ0n) is 9.63. The van der Waals surface area contributed by atoms with Crippen LogP contribution in [0.3, 0.4) is 0 Å². The van der Waals surface area contributed by atoms with E-state index in [2.05, 4.69) is 27.4 Å². The molecule has 1 aliphatic rings. The van der Waals surface area contributed by atoms with E-state index >= 15 is 0 Å². The average molecular weight is 225 g/mol. The first-order chi connectivity index (χ1) is 8.43. The van der Waals surface area contributed by atoms with Gasteiger partial charge in [0, 0.05) is 30.2 Å². The highest BCUT2D eigenvalue weighted by molar-refractivity contribution is 5.58. The highest BCUT2D eigenvalue weighted by atomic mass is 14.9. The van der Waals surface area contributed by atoms with Gasteiger partial charge in [-0.25, -0.2) is 0 Å². The molecule has 0 unspecified atom stereocenters. The van der Waals surface area contributed by atoms with Gasteiger partial charge < -0.3 is 5.32 Å². The lowest BCUT2D eigenvalue weighted by Gasteiger charge is -2.11. The average Bonchev–Trinajstić information content (AvgIpc) is 2.94. The summed E-state index contributed by atoms with van der Waals surface area (Å²) in [7, 11) is 0. The standard InChI is InChI=1S/C14H15N3/c1-3-12(10-15-6-1)14-9-11(5-8-17-14)13-4-2-7-16-13/h1,3,5-6,8-10,13,16H,2,4,7H2/t13-/m0/s1. The first kappa shape index (κ1) is 10.4. The van der Waals surface area contributed by atoms with Crippen molar-refractivity contribution in [1.29, 1.82) is 0 Å². The molecule has 3 nitrogen and oxygen atoms in total. The molecule has 0 amide bonds. The molecule has 3 heterocycles. The maximum atomic E-state index is 4.41. The van der Waals surface area contributed by atoms with Crippen LogP contribution in [0.1, 0.15) is 24.4 Å². The first-order valence-corrected chi connectivity index (χ1v) is 6.03. The molecule has 3 heteroatoms. The summed E-state index contributed by atoms with van der Waals surface area (Å²) in [6.07, 6.45) is 8.00. The van der Waals surface area contributed by atoms with Crippen LogP contribution >= 0.6 is 0 Å². The Morgan fingerprint density at radius 1 is 1.24 bits per heavy atom. The monoisotopic (exact) mass is 225 g/mol. The highest BCUT2D eigenvalue weighted by Crippen LogP contribution is 2.25. The van der Waals surface area contributed by atoms with Crippen LogP contribution in [-0.2, 0) is 0 Å². The van der Waals surface area contributed by atoms with Crippen molar-refractivity contribution in [2.24, 2.45) is 0 Å². The van der Waals surface area contributed by atoms with Crippen LogP contribution in [-0.4, -0.2) is 16.5 Å². The van der Waals surface area contributed by atoms with E-state index < -0.39 is 0 Å². The van der Waals surface area contributed by atoms with Gasteiger partial charge >= 0.3 is 0 Å². The van der Waals surface area contributed by atoms with E-state index in [4.69, 9.17) is 0 Å². The van der Waals surface area contributed by atoms with E-state index in [9.17, 15) is 0 Å². The van der Waals surface area contributed by atoms with Crippen LogP contribution in [0.5, 0.6) is 0 Å². The fourth-order valence-corrected chi connectivity index (χ4v) is 2.30. The van der Waals surface area contributed by atoms with Gasteiger partial charge in [0.25, 0.3) is 0 Å². The van der Waals surface area contributed by atoms with Gasteiger partial charge in [0.05, 0.1) is 5.69 Å². The summed E-state index contributed by atoms with van der Waals surface area (Å²) in [5.41, 5.74) is 3.41. The lowest BCUT2D eigenvalue weighted by atomic mass is 10.0. The second-order valence-corrected chi connectivity index (χ2v) is 4.37. The van der Waals surface area contributed by atoms with E-state index in [0.29, 0.717) is 6.04 Å². The molecule has 0 radical (unpaired) electrons. The molecule has 1 fully saturated rings. The van der Waals surface area contributed by atoms with Gasteiger partial charge in [-0.3, -0.25) is 9.97 Å². The minimum atomic E-state index is 0.494. The second-order valence-electron chi connectivity index (χ2n) is 4.37. The smallest absolute Gasteiger partial charge is 0.0720 e. The number of nitrogens with zero attached hydrogens (tertiary/aromatic N) is 2. The maximum absolute atomic E-state index is 4.41. The van der Waals surface area contributed by atoms with Gasteiger partial charge in [-0.15, -0.1) is 0 Å². The van der Waals surface area contributed by atoms with Crippen molar-refractivity contribution in [3.05, 3.63) is 48.4 Å². The zero-order chi connectivity index (χ0) is 11.5. The van der Waals surface area contributed by atoms with Crippen LogP contribution in [0, 0.1) is 0 Å². The molecule has 0 saturated carbocycles. The number of hydrogen-bond acceptors (Lipinski definition) is 3. The predicted octanol–water partition coefficient (Wildman–Crippen LogP) is 2.57. The molecule has 17 heavy (non-hydrogen) atoms. The molecular weight excluding hydrogens is 210 g/mol. The Bertz CT molecular complexity index is 490. The minimum absolute atomic E-state index is 0.494. The molecular formula is C14H15N3. The van der Waals surface area contributed by atoms with Crippen LogP contribution in [0.4, 0.5) is 0 Å². The maximum Gasteiger partial charge on any atom is 0.0720 e. The Hall–Kier alpha value is -1.74. The fraction of sp³-hybridized carbons (Fsp3) is 0.286. The van der Waals surface area contributed by atoms with E-state index in [1.807, 2.05) is 24.5 Å². The summed E-state index contributed by atoms with van der Waals surface area (Å²) < 4.78 is 0. The molecule has 1 saturated heterocycles. The quantitative estimate of drug-likeness (QED) is 0.853. The largest absolute Gasteiger partial charge is 0.310 e. The summed E-state index contributed by atoms with van der Waals surface area (Å²) in [5, 5.41) is 3.51. The Morgan fingerprint density at radius 3 is 3.00 bits per heavy atom. The lowest BCUT2D eigenvalue weighted by molar-refractivity contribution is 0.647. The normalized spacial score (nSPS) is 19.4. The number of pyridine rings is 2. The fourth-order valence-electron chi connectivity index (χ4n) is 2.30. The molecule has 86 valence electrons. The third-order valence-electron chi connectivity index (χ3n) is 3.20. The molecule has 0 bridgehead atoms. The van der Waals surface area contributed by atoms with Crippen molar-refractivity contribution < 1.29 is 0 Å². The first-order valence-electron chi connectivity index (χ1n) is 6.03. The Morgan fingerprint density at radius 2 is 2.24 bits per heavy atom. The second kappa shape index (κ2) is 4.63. The third-order valence-corrected chi connectivity index (χ3v) is 3.20. The Kier molecular flexibility index (Phi) is 2.84. The van der Waals surface area contributed by atoms with Crippen LogP contribution in [0.2, 0.25) is 0 Å². The van der Waals surface area contributed by atoms with Gasteiger partial charge in [0.15, 0.2) is 0 Å². The molecule has 0 aliphatic carbocycles. The topological polar surface area (TPSA) is 37.8 Å². The van der Waals surface area contributed by atoms with Crippen LogP contribution in [0.15, 0.2) is 42.9 Å². The van der Waals surface area contributed by atoms with Crippen molar-refractivity contribution in [3.8, 4) is 11.3 Å². The van der Waals surface area contributed by atoms with E-state index in [-0.39, 0.29) is 0 Å². The van der Waals surface area contributed by atoms with Crippen LogP contribution in [0.25, 0.3) is 11.3 Å². The number of hydrogen-bond donors (Lipinski definition) is 1. The van der Waals surface area contributed by atoms with Gasteiger partial charge in [-0.1, -0.05) is 0 Å². The van der Waals surface area contributed by atoms with E-state index in [1.54, 1.807) is 6.20 Å². The van der Waals surface area contributed by atoms with E-state index in [0.717, 1.165) is 17.8 Å². The number of aromatic nitrogens is 2. The van der Waals surface area contributed by atoms with Crippen molar-refractivity contribution in [3.63, 3.8) is 0 Å². The Balaban J connectivity index is 1.94. The van der Waals surface area contributed by atoms with Gasteiger partial charge in [-0.2, -0.15) is 0 Å². The summed E-state index contributed by atoms with van der Waals surface area (Å²) >= 11 is 0. The SMILES string of the molecule is c1cncc(-c2cc([C@@H]3CCCN3)ccn2)c1. The van der Waals surface area contributed by atoms with Crippen molar-refractivity contribution in [2.75, 3.05) is 6.54 Å².